The predicted molar refractivity (Wildman–Crippen MR) is 80.2 cm³/mol. The number of anilines is 1. The summed E-state index contributed by atoms with van der Waals surface area (Å²) in [7, 11) is 0. The number of aromatic hydroxyl groups is 1. The molecule has 20 heavy (non-hydrogen) atoms. The zero-order chi connectivity index (χ0) is 14.9. The van der Waals surface area contributed by atoms with Crippen LogP contribution in [-0.4, -0.2) is 11.0 Å². The van der Waals surface area contributed by atoms with Crippen molar-refractivity contribution < 1.29 is 14.3 Å². The van der Waals surface area contributed by atoms with E-state index >= 15 is 0 Å². The molecule has 0 aliphatic heterocycles. The second-order valence-electron chi connectivity index (χ2n) is 3.86. The first-order valence-electron chi connectivity index (χ1n) is 5.33. The van der Waals surface area contributed by atoms with Crippen molar-refractivity contribution in [1.29, 1.82) is 0 Å². The maximum absolute atomic E-state index is 13.1. The van der Waals surface area contributed by atoms with Gasteiger partial charge in [-0.15, -0.1) is 0 Å². The molecule has 0 unspecified atom stereocenters. The van der Waals surface area contributed by atoms with Crippen molar-refractivity contribution in [1.82, 2.24) is 0 Å². The van der Waals surface area contributed by atoms with E-state index in [4.69, 9.17) is 23.2 Å². The number of rotatable bonds is 2. The first kappa shape index (κ1) is 15.1. The van der Waals surface area contributed by atoms with Gasteiger partial charge in [0.1, 0.15) is 11.6 Å². The summed E-state index contributed by atoms with van der Waals surface area (Å²) < 4.78 is 13.4. The van der Waals surface area contributed by atoms with Gasteiger partial charge in [0.15, 0.2) is 0 Å². The van der Waals surface area contributed by atoms with Gasteiger partial charge in [-0.1, -0.05) is 23.2 Å². The Balaban J connectivity index is 2.35. The summed E-state index contributed by atoms with van der Waals surface area (Å²) in [6, 6.07) is 6.23. The molecule has 0 spiro atoms. The zero-order valence-electron chi connectivity index (χ0n) is 9.75. The van der Waals surface area contributed by atoms with Crippen LogP contribution >= 0.6 is 39.1 Å². The molecule has 0 atom stereocenters. The topological polar surface area (TPSA) is 49.3 Å². The Morgan fingerprint density at radius 1 is 1.20 bits per heavy atom. The molecule has 0 fully saturated rings. The van der Waals surface area contributed by atoms with Crippen LogP contribution in [0, 0.1) is 5.82 Å². The van der Waals surface area contributed by atoms with Gasteiger partial charge in [0.2, 0.25) is 0 Å². The number of phenols is 1. The van der Waals surface area contributed by atoms with Gasteiger partial charge in [0.05, 0.1) is 21.3 Å². The number of hydrogen-bond donors (Lipinski definition) is 2. The van der Waals surface area contributed by atoms with Gasteiger partial charge in [-0.3, -0.25) is 4.79 Å². The second-order valence-corrected chi connectivity index (χ2v) is 5.53. The van der Waals surface area contributed by atoms with E-state index in [9.17, 15) is 14.3 Å². The summed E-state index contributed by atoms with van der Waals surface area (Å²) >= 11 is 14.9. The quantitative estimate of drug-likeness (QED) is 0.784. The number of carbonyl (C=O) groups excluding carboxylic acids is 1. The Hall–Kier alpha value is -1.30. The lowest BCUT2D eigenvalue weighted by Gasteiger charge is -2.11. The van der Waals surface area contributed by atoms with Gasteiger partial charge < -0.3 is 10.4 Å². The van der Waals surface area contributed by atoms with Crippen molar-refractivity contribution in [3.8, 4) is 5.75 Å². The molecule has 7 heteroatoms. The molecule has 0 bridgehead atoms. The number of carbonyl (C=O) groups is 1. The monoisotopic (exact) mass is 377 g/mol. The minimum absolute atomic E-state index is 0.0431. The molecule has 2 N–H and O–H groups in total. The van der Waals surface area contributed by atoms with Crippen LogP contribution in [0.2, 0.25) is 10.0 Å². The third-order valence-corrected chi connectivity index (χ3v) is 3.69. The number of phenolic OH excluding ortho intramolecular Hbond substituents is 1. The Bertz CT molecular complexity index is 671. The Morgan fingerprint density at radius 2 is 1.90 bits per heavy atom. The maximum atomic E-state index is 13.1. The third kappa shape index (κ3) is 3.23. The zero-order valence-corrected chi connectivity index (χ0v) is 12.9. The smallest absolute Gasteiger partial charge is 0.257 e. The van der Waals surface area contributed by atoms with E-state index in [1.165, 1.54) is 24.3 Å². The van der Waals surface area contributed by atoms with E-state index in [0.29, 0.717) is 4.47 Å². The van der Waals surface area contributed by atoms with Crippen LogP contribution in [0.15, 0.2) is 34.8 Å². The number of hydrogen-bond acceptors (Lipinski definition) is 2. The fraction of sp³-hybridized carbons (Fsp3) is 0. The van der Waals surface area contributed by atoms with Gasteiger partial charge >= 0.3 is 0 Å². The fourth-order valence-corrected chi connectivity index (χ4v) is 2.63. The number of benzene rings is 2. The van der Waals surface area contributed by atoms with E-state index < -0.39 is 11.7 Å². The summed E-state index contributed by atoms with van der Waals surface area (Å²) in [5.74, 6) is -1.20. The number of nitrogens with one attached hydrogen (secondary N) is 1. The molecule has 0 aliphatic rings. The van der Waals surface area contributed by atoms with Gasteiger partial charge in [0.25, 0.3) is 5.91 Å². The first-order valence-corrected chi connectivity index (χ1v) is 6.88. The van der Waals surface area contributed by atoms with Crippen molar-refractivity contribution in [3.05, 3.63) is 56.2 Å². The highest BCUT2D eigenvalue weighted by atomic mass is 79.9. The largest absolute Gasteiger partial charge is 0.508 e. The molecule has 3 nitrogen and oxygen atoms in total. The van der Waals surface area contributed by atoms with Gasteiger partial charge in [-0.25, -0.2) is 4.39 Å². The molecule has 2 aromatic rings. The average molecular weight is 379 g/mol. The molecule has 2 rings (SSSR count). The van der Waals surface area contributed by atoms with E-state index in [1.807, 2.05) is 0 Å². The van der Waals surface area contributed by atoms with Crippen LogP contribution in [-0.2, 0) is 0 Å². The summed E-state index contributed by atoms with van der Waals surface area (Å²) in [5, 5.41) is 12.1. The minimum atomic E-state index is -0.569. The van der Waals surface area contributed by atoms with Crippen molar-refractivity contribution in [3.63, 3.8) is 0 Å². The molecular formula is C13H7BrCl2FNO2. The van der Waals surface area contributed by atoms with Crippen molar-refractivity contribution in [2.45, 2.75) is 0 Å². The lowest BCUT2D eigenvalue weighted by atomic mass is 10.2. The summed E-state index contributed by atoms with van der Waals surface area (Å²) in [6.07, 6.45) is 0. The molecule has 0 heterocycles. The average Bonchev–Trinajstić information content (AvgIpc) is 2.36. The van der Waals surface area contributed by atoms with Crippen LogP contribution in [0.4, 0.5) is 10.1 Å². The van der Waals surface area contributed by atoms with Crippen LogP contribution in [0.25, 0.3) is 0 Å². The maximum Gasteiger partial charge on any atom is 0.257 e. The van der Waals surface area contributed by atoms with Crippen molar-refractivity contribution in [2.24, 2.45) is 0 Å². The Labute approximate surface area is 132 Å². The normalized spacial score (nSPS) is 10.4. The number of halogens is 4. The molecule has 0 aromatic heterocycles. The first-order chi connectivity index (χ1) is 9.38. The van der Waals surface area contributed by atoms with Crippen molar-refractivity contribution >= 4 is 50.7 Å². The molecule has 1 amide bonds. The van der Waals surface area contributed by atoms with Crippen LogP contribution < -0.4 is 5.32 Å². The van der Waals surface area contributed by atoms with Gasteiger partial charge in [-0.05, 0) is 46.3 Å². The van der Waals surface area contributed by atoms with Crippen LogP contribution in [0.3, 0.4) is 0 Å². The number of amides is 1. The van der Waals surface area contributed by atoms with E-state index in [0.717, 1.165) is 6.07 Å². The molecular weight excluding hydrogens is 372 g/mol. The lowest BCUT2D eigenvalue weighted by molar-refractivity contribution is 0.102. The predicted octanol–water partition coefficient (Wildman–Crippen LogP) is 4.85. The highest BCUT2D eigenvalue weighted by molar-refractivity contribution is 9.10. The standard InChI is InChI=1S/C13H7BrCl2FNO2/c14-9-3-6(17)4-11(16)12(9)18-13(20)8-5-7(19)1-2-10(8)15/h1-5,19H,(H,18,20). The molecule has 0 saturated heterocycles. The van der Waals surface area contributed by atoms with Crippen LogP contribution in [0.5, 0.6) is 5.75 Å². The highest BCUT2D eigenvalue weighted by Crippen LogP contribution is 2.32. The lowest BCUT2D eigenvalue weighted by Crippen LogP contribution is -2.13. The SMILES string of the molecule is O=C(Nc1c(Cl)cc(F)cc1Br)c1cc(O)ccc1Cl. The van der Waals surface area contributed by atoms with Gasteiger partial charge in [-0.2, -0.15) is 0 Å². The van der Waals surface area contributed by atoms with Crippen molar-refractivity contribution in [2.75, 3.05) is 5.32 Å². The summed E-state index contributed by atoms with van der Waals surface area (Å²) in [5.41, 5.74) is 0.302. The molecule has 0 aliphatic carbocycles. The highest BCUT2D eigenvalue weighted by Gasteiger charge is 2.15. The summed E-state index contributed by atoms with van der Waals surface area (Å²) in [6.45, 7) is 0. The molecule has 2 aromatic carbocycles. The molecule has 104 valence electrons. The summed E-state index contributed by atoms with van der Waals surface area (Å²) in [4.78, 5) is 12.1. The van der Waals surface area contributed by atoms with Gasteiger partial charge in [0, 0.05) is 4.47 Å². The fourth-order valence-electron chi connectivity index (χ4n) is 1.53. The Morgan fingerprint density at radius 3 is 2.55 bits per heavy atom. The van der Waals surface area contributed by atoms with E-state index in [-0.39, 0.29) is 27.0 Å². The molecule has 0 radical (unpaired) electrons. The second kappa shape index (κ2) is 5.99. The molecule has 0 saturated carbocycles. The third-order valence-electron chi connectivity index (χ3n) is 2.44. The minimum Gasteiger partial charge on any atom is -0.508 e. The van der Waals surface area contributed by atoms with E-state index in [2.05, 4.69) is 21.2 Å². The van der Waals surface area contributed by atoms with Crippen LogP contribution in [0.1, 0.15) is 10.4 Å². The van der Waals surface area contributed by atoms with E-state index in [1.54, 1.807) is 0 Å². The Kier molecular flexibility index (Phi) is 4.52.